The molecule has 1 aliphatic rings. The highest BCUT2D eigenvalue weighted by Crippen LogP contribution is 2.13. The Hall–Kier alpha value is -1.01. The molecule has 0 aromatic heterocycles. The zero-order chi connectivity index (χ0) is 11.9. The minimum atomic E-state index is -0.0664. The highest BCUT2D eigenvalue weighted by Gasteiger charge is 2.12. The molecular weight excluding hydrogens is 236 g/mol. The van der Waals surface area contributed by atoms with Gasteiger partial charge in [-0.1, -0.05) is 23.4 Å². The van der Waals surface area contributed by atoms with Gasteiger partial charge in [-0.2, -0.15) is 0 Å². The third kappa shape index (κ3) is 4.40. The summed E-state index contributed by atoms with van der Waals surface area (Å²) in [6.07, 6.45) is 3.22. The van der Waals surface area contributed by atoms with Crippen molar-refractivity contribution >= 4 is 11.6 Å². The summed E-state index contributed by atoms with van der Waals surface area (Å²) in [4.78, 5) is 0. The first-order valence-electron chi connectivity index (χ1n) is 5.82. The minimum absolute atomic E-state index is 0.0664. The molecule has 1 saturated heterocycles. The molecule has 2 rings (SSSR count). The molecule has 2 nitrogen and oxygen atoms in total. The first-order chi connectivity index (χ1) is 8.34. The third-order valence-corrected chi connectivity index (χ3v) is 2.81. The van der Waals surface area contributed by atoms with Gasteiger partial charge in [0.05, 0.1) is 0 Å². The largest absolute Gasteiger partial charge is 0.353 e. The molecule has 1 unspecified atom stereocenters. The molecule has 1 fully saturated rings. The number of ether oxygens (including phenoxy) is 2. The molecule has 17 heavy (non-hydrogen) atoms. The Morgan fingerprint density at radius 1 is 1.29 bits per heavy atom. The molecule has 0 bridgehead atoms. The highest BCUT2D eigenvalue weighted by atomic mass is 35.5. The lowest BCUT2D eigenvalue weighted by atomic mass is 10.2. The fraction of sp³-hybridized carbons (Fsp3) is 0.429. The van der Waals surface area contributed by atoms with E-state index in [1.165, 1.54) is 6.42 Å². The predicted molar refractivity (Wildman–Crippen MR) is 67.9 cm³/mol. The molecule has 1 heterocycles. The lowest BCUT2D eigenvalue weighted by Crippen LogP contribution is -2.22. The molecule has 1 aromatic carbocycles. The van der Waals surface area contributed by atoms with Crippen molar-refractivity contribution < 1.29 is 9.47 Å². The Bertz CT molecular complexity index is 396. The summed E-state index contributed by atoms with van der Waals surface area (Å²) >= 11 is 5.79. The Morgan fingerprint density at radius 3 is 2.82 bits per heavy atom. The first-order valence-corrected chi connectivity index (χ1v) is 6.20. The third-order valence-electron chi connectivity index (χ3n) is 2.56. The van der Waals surface area contributed by atoms with E-state index in [0.717, 1.165) is 30.0 Å². The van der Waals surface area contributed by atoms with Gasteiger partial charge in [0.2, 0.25) is 0 Å². The molecule has 3 heteroatoms. The monoisotopic (exact) mass is 250 g/mol. The van der Waals surface area contributed by atoms with Crippen LogP contribution >= 0.6 is 11.6 Å². The van der Waals surface area contributed by atoms with Crippen molar-refractivity contribution in [2.45, 2.75) is 25.6 Å². The standard InChI is InChI=1S/C14H15ClO2/c15-13-8-6-12(7-9-13)4-3-11-17-14-5-1-2-10-16-14/h6-9,14H,1-2,5,10-11H2. The van der Waals surface area contributed by atoms with Gasteiger partial charge in [-0.15, -0.1) is 0 Å². The maximum Gasteiger partial charge on any atom is 0.158 e. The van der Waals surface area contributed by atoms with Crippen molar-refractivity contribution in [2.75, 3.05) is 13.2 Å². The number of rotatable bonds is 2. The maximum absolute atomic E-state index is 5.79. The van der Waals surface area contributed by atoms with E-state index in [0.29, 0.717) is 6.61 Å². The van der Waals surface area contributed by atoms with Crippen molar-refractivity contribution in [1.82, 2.24) is 0 Å². The smallest absolute Gasteiger partial charge is 0.158 e. The van der Waals surface area contributed by atoms with Gasteiger partial charge in [0.15, 0.2) is 6.29 Å². The second-order valence-electron chi connectivity index (χ2n) is 3.92. The van der Waals surface area contributed by atoms with Crippen molar-refractivity contribution in [3.8, 4) is 11.8 Å². The Labute approximate surface area is 107 Å². The second-order valence-corrected chi connectivity index (χ2v) is 4.35. The number of halogens is 1. The van der Waals surface area contributed by atoms with Crippen LogP contribution in [0.3, 0.4) is 0 Å². The van der Waals surface area contributed by atoms with Gasteiger partial charge >= 0.3 is 0 Å². The predicted octanol–water partition coefficient (Wildman–Crippen LogP) is 3.23. The lowest BCUT2D eigenvalue weighted by Gasteiger charge is -2.21. The zero-order valence-electron chi connectivity index (χ0n) is 9.62. The van der Waals surface area contributed by atoms with E-state index in [2.05, 4.69) is 11.8 Å². The van der Waals surface area contributed by atoms with Crippen LogP contribution in [-0.4, -0.2) is 19.5 Å². The van der Waals surface area contributed by atoms with Crippen LogP contribution in [0.2, 0.25) is 5.02 Å². The van der Waals surface area contributed by atoms with E-state index in [-0.39, 0.29) is 6.29 Å². The normalized spacial score (nSPS) is 19.5. The van der Waals surface area contributed by atoms with Gasteiger partial charge in [0.25, 0.3) is 0 Å². The van der Waals surface area contributed by atoms with Crippen LogP contribution in [0.15, 0.2) is 24.3 Å². The van der Waals surface area contributed by atoms with Crippen LogP contribution in [0.25, 0.3) is 0 Å². The van der Waals surface area contributed by atoms with E-state index in [4.69, 9.17) is 21.1 Å². The summed E-state index contributed by atoms with van der Waals surface area (Å²) in [6, 6.07) is 7.45. The molecule has 0 saturated carbocycles. The van der Waals surface area contributed by atoms with E-state index in [1.54, 1.807) is 0 Å². The van der Waals surface area contributed by atoms with Gasteiger partial charge in [-0.05, 0) is 43.5 Å². The number of hydrogen-bond acceptors (Lipinski definition) is 2. The fourth-order valence-corrected chi connectivity index (χ4v) is 1.77. The molecule has 0 amide bonds. The van der Waals surface area contributed by atoms with E-state index in [1.807, 2.05) is 24.3 Å². The summed E-state index contributed by atoms with van der Waals surface area (Å²) in [5, 5.41) is 0.724. The molecular formula is C14H15ClO2. The minimum Gasteiger partial charge on any atom is -0.353 e. The topological polar surface area (TPSA) is 18.5 Å². The highest BCUT2D eigenvalue weighted by molar-refractivity contribution is 6.30. The summed E-state index contributed by atoms with van der Waals surface area (Å²) < 4.78 is 10.9. The average Bonchev–Trinajstić information content (AvgIpc) is 2.38. The van der Waals surface area contributed by atoms with Crippen LogP contribution in [0.1, 0.15) is 24.8 Å². The van der Waals surface area contributed by atoms with Crippen LogP contribution in [-0.2, 0) is 9.47 Å². The molecule has 0 spiro atoms. The van der Waals surface area contributed by atoms with Crippen molar-refractivity contribution in [2.24, 2.45) is 0 Å². The Kier molecular flexibility index (Phi) is 4.88. The molecule has 1 atom stereocenters. The van der Waals surface area contributed by atoms with Crippen LogP contribution in [0.4, 0.5) is 0 Å². The Balaban J connectivity index is 1.76. The van der Waals surface area contributed by atoms with Crippen LogP contribution < -0.4 is 0 Å². The Morgan fingerprint density at radius 2 is 2.12 bits per heavy atom. The number of benzene rings is 1. The summed E-state index contributed by atoms with van der Waals surface area (Å²) in [7, 11) is 0. The first kappa shape index (κ1) is 12.4. The van der Waals surface area contributed by atoms with Gasteiger partial charge in [0.1, 0.15) is 6.61 Å². The molecule has 0 radical (unpaired) electrons. The van der Waals surface area contributed by atoms with E-state index in [9.17, 15) is 0 Å². The van der Waals surface area contributed by atoms with Crippen LogP contribution in [0.5, 0.6) is 0 Å². The fourth-order valence-electron chi connectivity index (χ4n) is 1.65. The maximum atomic E-state index is 5.79. The molecule has 90 valence electrons. The SMILES string of the molecule is Clc1ccc(C#CCOC2CCCCO2)cc1. The van der Waals surface area contributed by atoms with Crippen LogP contribution in [0, 0.1) is 11.8 Å². The lowest BCUT2D eigenvalue weighted by molar-refractivity contribution is -0.154. The quantitative estimate of drug-likeness (QED) is 0.751. The van der Waals surface area contributed by atoms with Crippen molar-refractivity contribution in [3.63, 3.8) is 0 Å². The average molecular weight is 251 g/mol. The summed E-state index contributed by atoms with van der Waals surface area (Å²) in [5.74, 6) is 6.00. The molecule has 1 aromatic rings. The van der Waals surface area contributed by atoms with E-state index >= 15 is 0 Å². The van der Waals surface area contributed by atoms with Crippen molar-refractivity contribution in [1.29, 1.82) is 0 Å². The summed E-state index contributed by atoms with van der Waals surface area (Å²) in [5.41, 5.74) is 0.947. The molecule has 1 aliphatic heterocycles. The van der Waals surface area contributed by atoms with Gasteiger partial charge in [0, 0.05) is 17.2 Å². The van der Waals surface area contributed by atoms with E-state index < -0.39 is 0 Å². The van der Waals surface area contributed by atoms with Gasteiger partial charge in [-0.3, -0.25) is 0 Å². The zero-order valence-corrected chi connectivity index (χ0v) is 10.4. The van der Waals surface area contributed by atoms with Crippen molar-refractivity contribution in [3.05, 3.63) is 34.9 Å². The second kappa shape index (κ2) is 6.66. The summed E-state index contributed by atoms with van der Waals surface area (Å²) in [6.45, 7) is 1.21. The number of hydrogen-bond donors (Lipinski definition) is 0. The van der Waals surface area contributed by atoms with Gasteiger partial charge in [-0.25, -0.2) is 0 Å². The molecule has 0 N–H and O–H groups in total. The van der Waals surface area contributed by atoms with Gasteiger partial charge < -0.3 is 9.47 Å². The molecule has 0 aliphatic carbocycles.